The number of pyridine rings is 1. The van der Waals surface area contributed by atoms with Crippen LogP contribution in [0.2, 0.25) is 0 Å². The second-order valence-corrected chi connectivity index (χ2v) is 7.09. The summed E-state index contributed by atoms with van der Waals surface area (Å²) in [5.41, 5.74) is 1.92. The summed E-state index contributed by atoms with van der Waals surface area (Å²) in [5.74, 6) is 0.646. The molecule has 0 spiro atoms. The highest BCUT2D eigenvalue weighted by Gasteiger charge is 2.29. The molecular weight excluding hydrogens is 356 g/mol. The van der Waals surface area contributed by atoms with Crippen LogP contribution in [0.1, 0.15) is 31.4 Å². The van der Waals surface area contributed by atoms with Crippen molar-refractivity contribution in [3.8, 4) is 5.75 Å². The van der Waals surface area contributed by atoms with Gasteiger partial charge in [0.2, 0.25) is 0 Å². The van der Waals surface area contributed by atoms with Crippen molar-refractivity contribution >= 4 is 16.8 Å². The number of rotatable bonds is 6. The van der Waals surface area contributed by atoms with Gasteiger partial charge in [0.15, 0.2) is 6.10 Å². The second-order valence-electron chi connectivity index (χ2n) is 7.09. The number of fused-ring (bicyclic) bond motifs is 1. The molecule has 2 aromatic heterocycles. The first-order chi connectivity index (χ1) is 13.7. The maximum absolute atomic E-state index is 12.5. The van der Waals surface area contributed by atoms with Crippen LogP contribution >= 0.6 is 0 Å². The van der Waals surface area contributed by atoms with Gasteiger partial charge in [-0.05, 0) is 31.9 Å². The van der Waals surface area contributed by atoms with Crippen molar-refractivity contribution in [1.29, 1.82) is 0 Å². The zero-order valence-electron chi connectivity index (χ0n) is 15.8. The van der Waals surface area contributed by atoms with E-state index in [9.17, 15) is 4.79 Å². The first-order valence-electron chi connectivity index (χ1n) is 9.60. The molecule has 7 nitrogen and oxygen atoms in total. The molecule has 1 aliphatic heterocycles. The Labute approximate surface area is 163 Å². The average molecular weight is 380 g/mol. The standard InChI is InChI=1S/C21H24N4O3/c1-14(28-18-9-15-5-2-3-7-19(15)22-13-18)21(26)23-10-16-6-4-8-27-20(16)17-11-24-25-12-17/h2-3,5,7,9,11-14,16,20H,4,6,8,10H2,1H3,(H,23,26)(H,24,25)/t14-,16-,20+/m0/s1. The van der Waals surface area contributed by atoms with Gasteiger partial charge in [0.1, 0.15) is 5.75 Å². The van der Waals surface area contributed by atoms with Gasteiger partial charge in [-0.1, -0.05) is 18.2 Å². The van der Waals surface area contributed by atoms with E-state index in [1.165, 1.54) is 0 Å². The fourth-order valence-electron chi connectivity index (χ4n) is 3.59. The Balaban J connectivity index is 1.34. The molecular formula is C21H24N4O3. The molecule has 146 valence electrons. The zero-order chi connectivity index (χ0) is 19.3. The van der Waals surface area contributed by atoms with Crippen LogP contribution in [0.5, 0.6) is 5.75 Å². The Hall–Kier alpha value is -2.93. The summed E-state index contributed by atoms with van der Waals surface area (Å²) in [5, 5.41) is 10.8. The van der Waals surface area contributed by atoms with Crippen LogP contribution in [0.15, 0.2) is 48.9 Å². The molecule has 0 saturated carbocycles. The Morgan fingerprint density at radius 2 is 2.29 bits per heavy atom. The lowest BCUT2D eigenvalue weighted by atomic mass is 9.91. The van der Waals surface area contributed by atoms with E-state index in [-0.39, 0.29) is 17.9 Å². The van der Waals surface area contributed by atoms with Crippen LogP contribution in [0.4, 0.5) is 0 Å². The Morgan fingerprint density at radius 1 is 1.39 bits per heavy atom. The zero-order valence-corrected chi connectivity index (χ0v) is 15.8. The summed E-state index contributed by atoms with van der Waals surface area (Å²) in [6.07, 6.45) is 6.61. The first-order valence-corrected chi connectivity index (χ1v) is 9.60. The van der Waals surface area contributed by atoms with Crippen molar-refractivity contribution in [3.63, 3.8) is 0 Å². The molecule has 7 heteroatoms. The molecule has 1 aliphatic rings. The minimum atomic E-state index is -0.611. The lowest BCUT2D eigenvalue weighted by Crippen LogP contribution is -2.41. The molecule has 3 aromatic rings. The van der Waals surface area contributed by atoms with Crippen molar-refractivity contribution in [2.75, 3.05) is 13.2 Å². The predicted molar refractivity (Wildman–Crippen MR) is 105 cm³/mol. The SMILES string of the molecule is C[C@H](Oc1cnc2ccccc2c1)C(=O)NC[C@@H]1CCCO[C@H]1c1cn[nH]c1. The van der Waals surface area contributed by atoms with Crippen molar-refractivity contribution in [1.82, 2.24) is 20.5 Å². The molecule has 0 aliphatic carbocycles. The molecule has 2 N–H and O–H groups in total. The summed E-state index contributed by atoms with van der Waals surface area (Å²) in [6, 6.07) is 9.71. The fraction of sp³-hybridized carbons (Fsp3) is 0.381. The number of para-hydroxylation sites is 1. The molecule has 1 aromatic carbocycles. The van der Waals surface area contributed by atoms with Crippen molar-refractivity contribution < 1.29 is 14.3 Å². The van der Waals surface area contributed by atoms with Crippen LogP contribution in [0, 0.1) is 5.92 Å². The largest absolute Gasteiger partial charge is 0.479 e. The Morgan fingerprint density at radius 3 is 3.14 bits per heavy atom. The maximum Gasteiger partial charge on any atom is 0.260 e. The van der Waals surface area contributed by atoms with Gasteiger partial charge in [-0.25, -0.2) is 0 Å². The Bertz CT molecular complexity index is 928. The first kappa shape index (κ1) is 18.4. The molecule has 1 fully saturated rings. The van der Waals surface area contributed by atoms with E-state index in [2.05, 4.69) is 20.5 Å². The van der Waals surface area contributed by atoms with Gasteiger partial charge in [-0.2, -0.15) is 5.10 Å². The number of nitrogens with zero attached hydrogens (tertiary/aromatic N) is 2. The van der Waals surface area contributed by atoms with E-state index in [1.807, 2.05) is 36.5 Å². The number of benzene rings is 1. The van der Waals surface area contributed by atoms with Crippen molar-refractivity contribution in [3.05, 3.63) is 54.5 Å². The second kappa shape index (κ2) is 8.39. The van der Waals surface area contributed by atoms with Crippen molar-refractivity contribution in [2.45, 2.75) is 32.0 Å². The van der Waals surface area contributed by atoms with Gasteiger partial charge in [0.25, 0.3) is 5.91 Å². The number of carbonyl (C=O) groups is 1. The van der Waals surface area contributed by atoms with E-state index in [0.717, 1.165) is 35.9 Å². The highest BCUT2D eigenvalue weighted by atomic mass is 16.5. The fourth-order valence-corrected chi connectivity index (χ4v) is 3.59. The average Bonchev–Trinajstić information content (AvgIpc) is 3.27. The highest BCUT2D eigenvalue weighted by molar-refractivity contribution is 5.81. The number of hydrogen-bond donors (Lipinski definition) is 2. The molecule has 28 heavy (non-hydrogen) atoms. The number of ether oxygens (including phenoxy) is 2. The maximum atomic E-state index is 12.5. The molecule has 1 saturated heterocycles. The van der Waals surface area contributed by atoms with Crippen molar-refractivity contribution in [2.24, 2.45) is 5.92 Å². The molecule has 0 unspecified atom stereocenters. The van der Waals surface area contributed by atoms with Gasteiger partial charge in [-0.15, -0.1) is 0 Å². The lowest BCUT2D eigenvalue weighted by Gasteiger charge is -2.31. The number of H-pyrrole nitrogens is 1. The number of carbonyl (C=O) groups excluding carboxylic acids is 1. The third kappa shape index (κ3) is 4.14. The third-order valence-corrected chi connectivity index (χ3v) is 5.08. The summed E-state index contributed by atoms with van der Waals surface area (Å²) in [4.78, 5) is 16.9. The third-order valence-electron chi connectivity index (χ3n) is 5.08. The van der Waals surface area contributed by atoms with E-state index in [1.54, 1.807) is 19.3 Å². The van der Waals surface area contributed by atoms with Crippen LogP contribution in [0.25, 0.3) is 10.9 Å². The molecule has 1 amide bonds. The van der Waals surface area contributed by atoms with E-state index in [4.69, 9.17) is 9.47 Å². The van der Waals surface area contributed by atoms with E-state index >= 15 is 0 Å². The number of aromatic amines is 1. The van der Waals surface area contributed by atoms with Crippen LogP contribution in [-0.4, -0.2) is 40.3 Å². The van der Waals surface area contributed by atoms with Gasteiger partial charge < -0.3 is 14.8 Å². The number of hydrogen-bond acceptors (Lipinski definition) is 5. The topological polar surface area (TPSA) is 89.1 Å². The highest BCUT2D eigenvalue weighted by Crippen LogP contribution is 2.32. The molecule has 3 atom stereocenters. The Kier molecular flexibility index (Phi) is 5.53. The van der Waals surface area contributed by atoms with E-state index < -0.39 is 6.10 Å². The predicted octanol–water partition coefficient (Wildman–Crippen LogP) is 3.01. The number of nitrogens with one attached hydrogen (secondary N) is 2. The van der Waals surface area contributed by atoms with E-state index in [0.29, 0.717) is 12.3 Å². The number of amides is 1. The van der Waals surface area contributed by atoms with Gasteiger partial charge >= 0.3 is 0 Å². The molecule has 3 heterocycles. The minimum Gasteiger partial charge on any atom is -0.479 e. The molecule has 0 radical (unpaired) electrons. The number of aromatic nitrogens is 3. The molecule has 0 bridgehead atoms. The van der Waals surface area contributed by atoms with Gasteiger partial charge in [0.05, 0.1) is 24.0 Å². The normalized spacial score (nSPS) is 20.6. The van der Waals surface area contributed by atoms with Gasteiger partial charge in [0, 0.05) is 36.2 Å². The summed E-state index contributed by atoms with van der Waals surface area (Å²) < 4.78 is 11.7. The molecule has 4 rings (SSSR count). The summed E-state index contributed by atoms with van der Waals surface area (Å²) in [6.45, 7) is 3.02. The quantitative estimate of drug-likeness (QED) is 0.686. The monoisotopic (exact) mass is 380 g/mol. The minimum absolute atomic E-state index is 0.0475. The van der Waals surface area contributed by atoms with Crippen LogP contribution in [-0.2, 0) is 9.53 Å². The summed E-state index contributed by atoms with van der Waals surface area (Å²) >= 11 is 0. The summed E-state index contributed by atoms with van der Waals surface area (Å²) in [7, 11) is 0. The van der Waals surface area contributed by atoms with Crippen LogP contribution < -0.4 is 10.1 Å². The van der Waals surface area contributed by atoms with Gasteiger partial charge in [-0.3, -0.25) is 14.9 Å². The lowest BCUT2D eigenvalue weighted by molar-refractivity contribution is -0.128. The smallest absolute Gasteiger partial charge is 0.260 e. The van der Waals surface area contributed by atoms with Crippen LogP contribution in [0.3, 0.4) is 0 Å².